The fourth-order valence-electron chi connectivity index (χ4n) is 1.48. The predicted octanol–water partition coefficient (Wildman–Crippen LogP) is 3.24. The molecule has 0 saturated carbocycles. The second-order valence-electron chi connectivity index (χ2n) is 4.05. The quantitative estimate of drug-likeness (QED) is 0.457. The lowest BCUT2D eigenvalue weighted by molar-refractivity contribution is 0.0491. The first-order valence-corrected chi connectivity index (χ1v) is 8.19. The van der Waals surface area contributed by atoms with Gasteiger partial charge in [-0.2, -0.15) is 0 Å². The minimum atomic E-state index is -4.49. The van der Waals surface area contributed by atoms with Crippen LogP contribution >= 0.6 is 10.7 Å². The number of carbonyl (C=O) groups is 1. The number of halogens is 3. The van der Waals surface area contributed by atoms with E-state index in [9.17, 15) is 22.0 Å². The van der Waals surface area contributed by atoms with Gasteiger partial charge in [-0.1, -0.05) is 19.8 Å². The zero-order valence-electron chi connectivity index (χ0n) is 10.7. The van der Waals surface area contributed by atoms with Crippen LogP contribution in [0.3, 0.4) is 0 Å². The lowest BCUT2D eigenvalue weighted by atomic mass is 10.2. The Bertz CT molecular complexity index is 602. The molecule has 0 radical (unpaired) electrons. The van der Waals surface area contributed by atoms with E-state index in [1.165, 1.54) is 0 Å². The Hall–Kier alpha value is -1.21. The highest BCUT2D eigenvalue weighted by molar-refractivity contribution is 8.13. The summed E-state index contributed by atoms with van der Waals surface area (Å²) in [5, 5.41) is 0. The van der Waals surface area contributed by atoms with Crippen LogP contribution < -0.4 is 0 Å². The number of hydrogen-bond donors (Lipinski definition) is 0. The minimum Gasteiger partial charge on any atom is -0.462 e. The molecular formula is C12H13ClF2O4S. The highest BCUT2D eigenvalue weighted by atomic mass is 35.7. The molecule has 0 spiro atoms. The molecule has 1 aromatic carbocycles. The van der Waals surface area contributed by atoms with Crippen molar-refractivity contribution in [3.63, 3.8) is 0 Å². The highest BCUT2D eigenvalue weighted by Gasteiger charge is 2.25. The minimum absolute atomic E-state index is 0.0472. The first kappa shape index (κ1) is 16.8. The largest absolute Gasteiger partial charge is 0.462 e. The van der Waals surface area contributed by atoms with Crippen LogP contribution in [0.25, 0.3) is 0 Å². The Morgan fingerprint density at radius 3 is 2.50 bits per heavy atom. The Morgan fingerprint density at radius 1 is 1.30 bits per heavy atom. The zero-order valence-corrected chi connectivity index (χ0v) is 12.2. The van der Waals surface area contributed by atoms with Crippen LogP contribution in [0.4, 0.5) is 8.78 Å². The molecule has 0 saturated heterocycles. The van der Waals surface area contributed by atoms with Crippen molar-refractivity contribution in [2.45, 2.75) is 31.1 Å². The molecule has 0 fully saturated rings. The molecular weight excluding hydrogens is 314 g/mol. The second-order valence-corrected chi connectivity index (χ2v) is 6.58. The summed E-state index contributed by atoms with van der Waals surface area (Å²) in [6, 6.07) is 0.981. The van der Waals surface area contributed by atoms with Crippen molar-refractivity contribution >= 4 is 25.7 Å². The summed E-state index contributed by atoms with van der Waals surface area (Å²) in [4.78, 5) is 10.5. The molecule has 0 heterocycles. The number of ether oxygens (including phenoxy) is 1. The van der Waals surface area contributed by atoms with E-state index in [4.69, 9.17) is 15.4 Å². The molecule has 20 heavy (non-hydrogen) atoms. The molecule has 0 aliphatic carbocycles. The van der Waals surface area contributed by atoms with Crippen molar-refractivity contribution in [3.8, 4) is 0 Å². The lowest BCUT2D eigenvalue weighted by Crippen LogP contribution is -2.11. The zero-order chi connectivity index (χ0) is 15.3. The summed E-state index contributed by atoms with van der Waals surface area (Å²) in [5.74, 6) is -3.63. The first-order chi connectivity index (χ1) is 9.27. The summed E-state index contributed by atoms with van der Waals surface area (Å²) >= 11 is 0. The average Bonchev–Trinajstić information content (AvgIpc) is 2.35. The fourth-order valence-corrected chi connectivity index (χ4v) is 2.40. The van der Waals surface area contributed by atoms with E-state index in [0.717, 1.165) is 12.8 Å². The van der Waals surface area contributed by atoms with Gasteiger partial charge in [0.1, 0.15) is 10.7 Å². The topological polar surface area (TPSA) is 60.4 Å². The van der Waals surface area contributed by atoms with Gasteiger partial charge in [0.2, 0.25) is 0 Å². The summed E-state index contributed by atoms with van der Waals surface area (Å²) < 4.78 is 54.0. The van der Waals surface area contributed by atoms with Crippen molar-refractivity contribution in [1.82, 2.24) is 0 Å². The Kier molecular flexibility index (Phi) is 5.88. The van der Waals surface area contributed by atoms with Crippen LogP contribution in [0.15, 0.2) is 17.0 Å². The van der Waals surface area contributed by atoms with Gasteiger partial charge in [0.05, 0.1) is 12.2 Å². The number of rotatable bonds is 6. The number of carbonyl (C=O) groups excluding carboxylic acids is 1. The molecule has 0 aromatic heterocycles. The van der Waals surface area contributed by atoms with Crippen LogP contribution in [0, 0.1) is 11.6 Å². The van der Waals surface area contributed by atoms with E-state index in [0.29, 0.717) is 18.6 Å². The average molecular weight is 327 g/mol. The van der Waals surface area contributed by atoms with E-state index < -0.39 is 37.1 Å². The van der Waals surface area contributed by atoms with Crippen molar-refractivity contribution in [2.75, 3.05) is 6.61 Å². The van der Waals surface area contributed by atoms with Crippen LogP contribution in [0.1, 0.15) is 36.5 Å². The van der Waals surface area contributed by atoms with E-state index in [1.54, 1.807) is 0 Å². The standard InChI is InChI=1S/C12H13ClF2O4S/c1-2-3-4-5-19-12(16)9-6-8(14)7-10(11(9)15)20(13,17)18/h6-7H,2-5H2,1H3. The molecule has 0 amide bonds. The molecule has 0 atom stereocenters. The fraction of sp³-hybridized carbons (Fsp3) is 0.417. The summed E-state index contributed by atoms with van der Waals surface area (Å²) in [5.41, 5.74) is -0.791. The smallest absolute Gasteiger partial charge is 0.341 e. The van der Waals surface area contributed by atoms with Crippen molar-refractivity contribution in [3.05, 3.63) is 29.3 Å². The molecule has 1 aromatic rings. The molecule has 0 unspecified atom stereocenters. The maximum atomic E-state index is 13.8. The summed E-state index contributed by atoms with van der Waals surface area (Å²) in [6.07, 6.45) is 2.31. The van der Waals surface area contributed by atoms with Gasteiger partial charge < -0.3 is 4.74 Å². The van der Waals surface area contributed by atoms with Crippen molar-refractivity contribution < 1.29 is 26.7 Å². The lowest BCUT2D eigenvalue weighted by Gasteiger charge is -2.07. The van der Waals surface area contributed by atoms with Crippen molar-refractivity contribution in [2.24, 2.45) is 0 Å². The molecule has 0 aliphatic rings. The number of benzene rings is 1. The van der Waals surface area contributed by atoms with Crippen molar-refractivity contribution in [1.29, 1.82) is 0 Å². The molecule has 4 nitrogen and oxygen atoms in total. The van der Waals surface area contributed by atoms with Gasteiger partial charge in [0, 0.05) is 10.7 Å². The second kappa shape index (κ2) is 6.99. The normalized spacial score (nSPS) is 11.4. The highest BCUT2D eigenvalue weighted by Crippen LogP contribution is 2.24. The molecule has 112 valence electrons. The first-order valence-electron chi connectivity index (χ1n) is 5.88. The van der Waals surface area contributed by atoms with E-state index in [1.807, 2.05) is 6.92 Å². The third-order valence-electron chi connectivity index (χ3n) is 2.47. The van der Waals surface area contributed by atoms with Gasteiger partial charge in [-0.25, -0.2) is 22.0 Å². The Balaban J connectivity index is 3.01. The van der Waals surface area contributed by atoms with Gasteiger partial charge in [-0.15, -0.1) is 0 Å². The summed E-state index contributed by atoms with van der Waals surface area (Å²) in [7, 11) is 0.480. The Labute approximate surface area is 120 Å². The number of hydrogen-bond acceptors (Lipinski definition) is 4. The molecule has 0 aliphatic heterocycles. The number of unbranched alkanes of at least 4 members (excludes halogenated alkanes) is 2. The molecule has 1 rings (SSSR count). The van der Waals surface area contributed by atoms with Gasteiger partial charge in [0.15, 0.2) is 5.82 Å². The molecule has 0 N–H and O–H groups in total. The van der Waals surface area contributed by atoms with Crippen LogP contribution in [0.2, 0.25) is 0 Å². The van der Waals surface area contributed by atoms with Crippen LogP contribution in [0.5, 0.6) is 0 Å². The monoisotopic (exact) mass is 326 g/mol. The SMILES string of the molecule is CCCCCOC(=O)c1cc(F)cc(S(=O)(=O)Cl)c1F. The van der Waals surface area contributed by atoms with Gasteiger partial charge in [0.25, 0.3) is 9.05 Å². The molecule has 8 heteroatoms. The van der Waals surface area contributed by atoms with Gasteiger partial charge in [-0.05, 0) is 18.6 Å². The van der Waals surface area contributed by atoms with E-state index in [-0.39, 0.29) is 6.61 Å². The Morgan fingerprint density at radius 2 is 1.95 bits per heavy atom. The van der Waals surface area contributed by atoms with Crippen LogP contribution in [-0.2, 0) is 13.8 Å². The third-order valence-corrected chi connectivity index (χ3v) is 3.79. The molecule has 0 bridgehead atoms. The predicted molar refractivity (Wildman–Crippen MR) is 69.2 cm³/mol. The van der Waals surface area contributed by atoms with Gasteiger partial charge in [-0.3, -0.25) is 0 Å². The summed E-state index contributed by atoms with van der Waals surface area (Å²) in [6.45, 7) is 2.00. The number of esters is 1. The van der Waals surface area contributed by atoms with Crippen LogP contribution in [-0.4, -0.2) is 21.0 Å². The van der Waals surface area contributed by atoms with Gasteiger partial charge >= 0.3 is 5.97 Å². The third kappa shape index (κ3) is 4.42. The van der Waals surface area contributed by atoms with E-state index >= 15 is 0 Å². The van der Waals surface area contributed by atoms with E-state index in [2.05, 4.69) is 0 Å². The maximum absolute atomic E-state index is 13.8. The maximum Gasteiger partial charge on any atom is 0.341 e.